The standard InChI is InChI=1S/C14H24N2O2/c1-12(2)10-15-5-7-16(8-6-15)13(11-17)14-4-3-9-18-14/h3-4,9,12-13,17H,5-8,10-11H2,1-2H3. The molecule has 0 aromatic carbocycles. The minimum Gasteiger partial charge on any atom is -0.468 e. The molecule has 0 saturated carbocycles. The molecule has 1 atom stereocenters. The normalized spacial score (nSPS) is 20.4. The van der Waals surface area contributed by atoms with E-state index in [0.29, 0.717) is 0 Å². The van der Waals surface area contributed by atoms with Gasteiger partial charge in [0.2, 0.25) is 0 Å². The van der Waals surface area contributed by atoms with Gasteiger partial charge in [0.25, 0.3) is 0 Å². The maximum atomic E-state index is 9.55. The van der Waals surface area contributed by atoms with Gasteiger partial charge < -0.3 is 14.4 Å². The fraction of sp³-hybridized carbons (Fsp3) is 0.714. The smallest absolute Gasteiger partial charge is 0.123 e. The van der Waals surface area contributed by atoms with Gasteiger partial charge in [-0.25, -0.2) is 0 Å². The molecule has 102 valence electrons. The van der Waals surface area contributed by atoms with Gasteiger partial charge in [0, 0.05) is 32.7 Å². The molecule has 0 radical (unpaired) electrons. The topological polar surface area (TPSA) is 39.9 Å². The van der Waals surface area contributed by atoms with E-state index in [4.69, 9.17) is 4.42 Å². The average Bonchev–Trinajstić information content (AvgIpc) is 2.85. The monoisotopic (exact) mass is 252 g/mol. The molecular formula is C14H24N2O2. The van der Waals surface area contributed by atoms with Crippen molar-refractivity contribution in [3.05, 3.63) is 24.2 Å². The number of piperazine rings is 1. The zero-order chi connectivity index (χ0) is 13.0. The van der Waals surface area contributed by atoms with Crippen LogP contribution in [0.3, 0.4) is 0 Å². The molecule has 0 aliphatic carbocycles. The Hall–Kier alpha value is -0.840. The zero-order valence-corrected chi connectivity index (χ0v) is 11.4. The lowest BCUT2D eigenvalue weighted by molar-refractivity contribution is 0.0513. The Morgan fingerprint density at radius 1 is 1.28 bits per heavy atom. The number of aliphatic hydroxyl groups excluding tert-OH is 1. The fourth-order valence-corrected chi connectivity index (χ4v) is 2.64. The first-order chi connectivity index (χ1) is 8.70. The van der Waals surface area contributed by atoms with Crippen LogP contribution >= 0.6 is 0 Å². The number of rotatable bonds is 5. The van der Waals surface area contributed by atoms with Gasteiger partial charge >= 0.3 is 0 Å². The van der Waals surface area contributed by atoms with Gasteiger partial charge in [-0.1, -0.05) is 13.8 Å². The molecule has 2 rings (SSSR count). The Bertz CT molecular complexity index is 330. The summed E-state index contributed by atoms with van der Waals surface area (Å²) in [6, 6.07) is 3.84. The van der Waals surface area contributed by atoms with E-state index in [2.05, 4.69) is 23.6 Å². The number of furan rings is 1. The predicted molar refractivity (Wildman–Crippen MR) is 71.4 cm³/mol. The Labute approximate surface area is 109 Å². The molecule has 0 amide bonds. The first-order valence-electron chi connectivity index (χ1n) is 6.81. The van der Waals surface area contributed by atoms with E-state index in [9.17, 15) is 5.11 Å². The summed E-state index contributed by atoms with van der Waals surface area (Å²) >= 11 is 0. The molecule has 1 saturated heterocycles. The molecule has 2 heterocycles. The molecule has 4 heteroatoms. The summed E-state index contributed by atoms with van der Waals surface area (Å²) in [6.45, 7) is 9.95. The third kappa shape index (κ3) is 3.34. The minimum absolute atomic E-state index is 0.0150. The third-order valence-electron chi connectivity index (χ3n) is 3.52. The van der Waals surface area contributed by atoms with Crippen molar-refractivity contribution in [1.82, 2.24) is 9.80 Å². The lowest BCUT2D eigenvalue weighted by Crippen LogP contribution is -2.49. The summed E-state index contributed by atoms with van der Waals surface area (Å²) in [4.78, 5) is 4.81. The Kier molecular flexibility index (Phi) is 4.80. The molecule has 4 nitrogen and oxygen atoms in total. The summed E-state index contributed by atoms with van der Waals surface area (Å²) in [7, 11) is 0. The number of nitrogens with zero attached hydrogens (tertiary/aromatic N) is 2. The lowest BCUT2D eigenvalue weighted by atomic mass is 10.1. The highest BCUT2D eigenvalue weighted by molar-refractivity contribution is 5.05. The molecular weight excluding hydrogens is 228 g/mol. The van der Waals surface area contributed by atoms with Gasteiger partial charge in [-0.15, -0.1) is 0 Å². The summed E-state index contributed by atoms with van der Waals surface area (Å²) in [6.07, 6.45) is 1.67. The minimum atomic E-state index is 0.0150. The highest BCUT2D eigenvalue weighted by atomic mass is 16.3. The predicted octanol–water partition coefficient (Wildman–Crippen LogP) is 1.59. The first-order valence-corrected chi connectivity index (χ1v) is 6.81. The molecule has 1 unspecified atom stereocenters. The van der Waals surface area contributed by atoms with Crippen LogP contribution in [0.25, 0.3) is 0 Å². The average molecular weight is 252 g/mol. The highest BCUT2D eigenvalue weighted by Crippen LogP contribution is 2.22. The molecule has 1 N–H and O–H groups in total. The lowest BCUT2D eigenvalue weighted by Gasteiger charge is -2.38. The van der Waals surface area contributed by atoms with Gasteiger partial charge in [-0.3, -0.25) is 4.90 Å². The summed E-state index contributed by atoms with van der Waals surface area (Å²) in [5.41, 5.74) is 0. The van der Waals surface area contributed by atoms with Gasteiger partial charge in [0.1, 0.15) is 5.76 Å². The van der Waals surface area contributed by atoms with E-state index in [1.165, 1.54) is 6.54 Å². The second-order valence-electron chi connectivity index (χ2n) is 5.44. The van der Waals surface area contributed by atoms with Crippen LogP contribution in [-0.2, 0) is 0 Å². The molecule has 1 aromatic heterocycles. The van der Waals surface area contributed by atoms with E-state index in [1.54, 1.807) is 6.26 Å². The zero-order valence-electron chi connectivity index (χ0n) is 11.4. The van der Waals surface area contributed by atoms with Gasteiger partial charge in [-0.2, -0.15) is 0 Å². The third-order valence-corrected chi connectivity index (χ3v) is 3.52. The van der Waals surface area contributed by atoms with Crippen molar-refractivity contribution in [3.63, 3.8) is 0 Å². The van der Waals surface area contributed by atoms with Crippen LogP contribution in [0.2, 0.25) is 0 Å². The van der Waals surface area contributed by atoms with Crippen LogP contribution < -0.4 is 0 Å². The van der Waals surface area contributed by atoms with Crippen LogP contribution in [0.4, 0.5) is 0 Å². The van der Waals surface area contributed by atoms with Gasteiger partial charge in [0.05, 0.1) is 18.9 Å². The first kappa shape index (κ1) is 13.6. The summed E-state index contributed by atoms with van der Waals surface area (Å²) < 4.78 is 5.42. The van der Waals surface area contributed by atoms with Gasteiger partial charge in [0.15, 0.2) is 0 Å². The molecule has 1 fully saturated rings. The molecule has 1 aliphatic heterocycles. The van der Waals surface area contributed by atoms with Gasteiger partial charge in [-0.05, 0) is 18.1 Å². The molecule has 1 aliphatic rings. The largest absolute Gasteiger partial charge is 0.468 e. The second kappa shape index (κ2) is 6.36. The number of aliphatic hydroxyl groups is 1. The Balaban J connectivity index is 1.88. The van der Waals surface area contributed by atoms with Crippen LogP contribution in [0.15, 0.2) is 22.8 Å². The molecule has 0 spiro atoms. The quantitative estimate of drug-likeness (QED) is 0.864. The number of hydrogen-bond donors (Lipinski definition) is 1. The summed E-state index contributed by atoms with van der Waals surface area (Å²) in [5, 5.41) is 9.55. The maximum absolute atomic E-state index is 9.55. The summed E-state index contributed by atoms with van der Waals surface area (Å²) in [5.74, 6) is 1.59. The van der Waals surface area contributed by atoms with Crippen molar-refractivity contribution >= 4 is 0 Å². The Morgan fingerprint density at radius 3 is 2.50 bits per heavy atom. The van der Waals surface area contributed by atoms with E-state index in [-0.39, 0.29) is 12.6 Å². The number of hydrogen-bond acceptors (Lipinski definition) is 4. The van der Waals surface area contributed by atoms with E-state index < -0.39 is 0 Å². The highest BCUT2D eigenvalue weighted by Gasteiger charge is 2.26. The molecule has 18 heavy (non-hydrogen) atoms. The maximum Gasteiger partial charge on any atom is 0.123 e. The van der Waals surface area contributed by atoms with Crippen LogP contribution in [-0.4, -0.2) is 54.2 Å². The Morgan fingerprint density at radius 2 is 2.00 bits per heavy atom. The van der Waals surface area contributed by atoms with Crippen molar-refractivity contribution < 1.29 is 9.52 Å². The van der Waals surface area contributed by atoms with Crippen LogP contribution in [0.1, 0.15) is 25.6 Å². The van der Waals surface area contributed by atoms with Crippen LogP contribution in [0.5, 0.6) is 0 Å². The van der Waals surface area contributed by atoms with E-state index in [1.807, 2.05) is 12.1 Å². The van der Waals surface area contributed by atoms with Crippen molar-refractivity contribution in [2.75, 3.05) is 39.3 Å². The van der Waals surface area contributed by atoms with Crippen molar-refractivity contribution in [2.45, 2.75) is 19.9 Å². The van der Waals surface area contributed by atoms with Crippen molar-refractivity contribution in [1.29, 1.82) is 0 Å². The van der Waals surface area contributed by atoms with E-state index in [0.717, 1.165) is 37.9 Å². The molecule has 0 bridgehead atoms. The van der Waals surface area contributed by atoms with Crippen molar-refractivity contribution in [2.24, 2.45) is 5.92 Å². The fourth-order valence-electron chi connectivity index (χ4n) is 2.64. The second-order valence-corrected chi connectivity index (χ2v) is 5.44. The van der Waals surface area contributed by atoms with E-state index >= 15 is 0 Å². The van der Waals surface area contributed by atoms with Crippen LogP contribution in [0, 0.1) is 5.92 Å². The molecule has 1 aromatic rings. The van der Waals surface area contributed by atoms with Crippen molar-refractivity contribution in [3.8, 4) is 0 Å². The SMILES string of the molecule is CC(C)CN1CCN(C(CO)c2ccco2)CC1.